The van der Waals surface area contributed by atoms with Crippen LogP contribution in [0.25, 0.3) is 0 Å². The number of hydrogen-bond donors (Lipinski definition) is 1. The van der Waals surface area contributed by atoms with Gasteiger partial charge in [0.25, 0.3) is 0 Å². The number of hydrogen-bond acceptors (Lipinski definition) is 4. The van der Waals surface area contributed by atoms with Crippen molar-refractivity contribution in [3.8, 4) is 0 Å². The number of likely N-dealkylation sites (tertiary alicyclic amines) is 1. The average molecular weight is 269 g/mol. The Hall–Kier alpha value is -0.160. The molecule has 2 atom stereocenters. The van der Waals surface area contributed by atoms with Crippen molar-refractivity contribution in [2.75, 3.05) is 39.3 Å². The van der Waals surface area contributed by atoms with Gasteiger partial charge in [0.15, 0.2) is 0 Å². The van der Waals surface area contributed by atoms with E-state index in [0.717, 1.165) is 45.2 Å². The molecule has 0 aromatic rings. The molecule has 0 radical (unpaired) electrons. The molecule has 2 aliphatic rings. The monoisotopic (exact) mass is 269 g/mol. The summed E-state index contributed by atoms with van der Waals surface area (Å²) in [6.45, 7) is 10.8. The molecule has 0 bridgehead atoms. The molecule has 2 unspecified atom stereocenters. The summed E-state index contributed by atoms with van der Waals surface area (Å²) >= 11 is 0. The lowest BCUT2D eigenvalue weighted by Gasteiger charge is -2.38. The molecule has 0 saturated carbocycles. The van der Waals surface area contributed by atoms with Gasteiger partial charge < -0.3 is 10.5 Å². The highest BCUT2D eigenvalue weighted by atomic mass is 16.5. The van der Waals surface area contributed by atoms with Gasteiger partial charge in [0, 0.05) is 31.7 Å². The number of nitrogens with two attached hydrogens (primary N) is 1. The summed E-state index contributed by atoms with van der Waals surface area (Å²) in [4.78, 5) is 5.18. The van der Waals surface area contributed by atoms with Crippen LogP contribution in [0.3, 0.4) is 0 Å². The maximum atomic E-state index is 5.97. The van der Waals surface area contributed by atoms with E-state index in [0.29, 0.717) is 12.1 Å². The van der Waals surface area contributed by atoms with Gasteiger partial charge in [-0.3, -0.25) is 9.80 Å². The topological polar surface area (TPSA) is 41.7 Å². The molecule has 2 saturated heterocycles. The number of morpholine rings is 1. The largest absolute Gasteiger partial charge is 0.374 e. The average Bonchev–Trinajstić information content (AvgIpc) is 2.84. The second-order valence-electron chi connectivity index (χ2n) is 6.30. The molecule has 19 heavy (non-hydrogen) atoms. The van der Waals surface area contributed by atoms with Crippen LogP contribution in [0.1, 0.15) is 39.5 Å². The number of ether oxygens (including phenoxy) is 1. The van der Waals surface area contributed by atoms with E-state index in [-0.39, 0.29) is 0 Å². The van der Waals surface area contributed by atoms with Gasteiger partial charge in [-0.2, -0.15) is 0 Å². The van der Waals surface area contributed by atoms with Crippen LogP contribution in [0.4, 0.5) is 0 Å². The molecular formula is C15H31N3O. The lowest BCUT2D eigenvalue weighted by Crippen LogP contribution is -2.50. The normalized spacial score (nSPS) is 30.3. The summed E-state index contributed by atoms with van der Waals surface area (Å²) in [6.07, 6.45) is 5.51. The van der Waals surface area contributed by atoms with Gasteiger partial charge in [-0.05, 0) is 52.6 Å². The first-order chi connectivity index (χ1) is 9.20. The molecule has 0 aromatic carbocycles. The van der Waals surface area contributed by atoms with Crippen molar-refractivity contribution >= 4 is 0 Å². The zero-order valence-corrected chi connectivity index (χ0v) is 12.7. The number of rotatable bonds is 6. The molecule has 0 amide bonds. The van der Waals surface area contributed by atoms with E-state index in [1.54, 1.807) is 0 Å². The molecule has 0 spiro atoms. The Balaban J connectivity index is 1.79. The Bertz CT molecular complexity index is 260. The molecule has 2 heterocycles. The van der Waals surface area contributed by atoms with Gasteiger partial charge in [0.1, 0.15) is 0 Å². The van der Waals surface area contributed by atoms with Crippen molar-refractivity contribution in [2.24, 2.45) is 5.73 Å². The molecule has 0 aromatic heterocycles. The van der Waals surface area contributed by atoms with Crippen LogP contribution < -0.4 is 5.73 Å². The Morgan fingerprint density at radius 2 is 2.16 bits per heavy atom. The first-order valence-electron chi connectivity index (χ1n) is 8.00. The summed E-state index contributed by atoms with van der Waals surface area (Å²) in [5.74, 6) is 0. The predicted octanol–water partition coefficient (Wildman–Crippen LogP) is 1.30. The van der Waals surface area contributed by atoms with Crippen molar-refractivity contribution in [1.29, 1.82) is 0 Å². The molecular weight excluding hydrogens is 238 g/mol. The molecule has 4 heteroatoms. The SMILES string of the molecule is CC(C)N1CCOC(CN2CCCC2CCCN)C1. The second-order valence-corrected chi connectivity index (χ2v) is 6.30. The maximum absolute atomic E-state index is 5.97. The summed E-state index contributed by atoms with van der Waals surface area (Å²) in [5, 5.41) is 0. The van der Waals surface area contributed by atoms with Crippen LogP contribution in [0, 0.1) is 0 Å². The van der Waals surface area contributed by atoms with Gasteiger partial charge in [0.05, 0.1) is 12.7 Å². The molecule has 112 valence electrons. The lowest BCUT2D eigenvalue weighted by atomic mass is 10.1. The highest BCUT2D eigenvalue weighted by molar-refractivity contribution is 4.84. The Morgan fingerprint density at radius 3 is 2.89 bits per heavy atom. The van der Waals surface area contributed by atoms with E-state index in [2.05, 4.69) is 23.6 Å². The van der Waals surface area contributed by atoms with Crippen LogP contribution in [0.2, 0.25) is 0 Å². The Kier molecular flexibility index (Phi) is 6.07. The first-order valence-corrected chi connectivity index (χ1v) is 8.00. The van der Waals surface area contributed by atoms with Gasteiger partial charge in [-0.1, -0.05) is 0 Å². The molecule has 2 rings (SSSR count). The number of nitrogens with zero attached hydrogens (tertiary/aromatic N) is 2. The summed E-state index contributed by atoms with van der Waals surface area (Å²) in [5.41, 5.74) is 5.64. The summed E-state index contributed by atoms with van der Waals surface area (Å²) in [6, 6.07) is 1.39. The van der Waals surface area contributed by atoms with Crippen molar-refractivity contribution < 1.29 is 4.74 Å². The van der Waals surface area contributed by atoms with Crippen LogP contribution >= 0.6 is 0 Å². The first kappa shape index (κ1) is 15.2. The van der Waals surface area contributed by atoms with E-state index in [9.17, 15) is 0 Å². The molecule has 0 aliphatic carbocycles. The van der Waals surface area contributed by atoms with Crippen LogP contribution in [-0.2, 0) is 4.74 Å². The fourth-order valence-electron chi connectivity index (χ4n) is 3.40. The van der Waals surface area contributed by atoms with E-state index < -0.39 is 0 Å². The minimum atomic E-state index is 0.398. The van der Waals surface area contributed by atoms with Gasteiger partial charge >= 0.3 is 0 Å². The lowest BCUT2D eigenvalue weighted by molar-refractivity contribution is -0.0537. The van der Waals surface area contributed by atoms with Gasteiger partial charge in [0.2, 0.25) is 0 Å². The van der Waals surface area contributed by atoms with Crippen LogP contribution in [-0.4, -0.2) is 67.3 Å². The minimum absolute atomic E-state index is 0.398. The predicted molar refractivity (Wildman–Crippen MR) is 79.3 cm³/mol. The van der Waals surface area contributed by atoms with Crippen molar-refractivity contribution in [3.63, 3.8) is 0 Å². The summed E-state index contributed by atoms with van der Waals surface area (Å²) in [7, 11) is 0. The Morgan fingerprint density at radius 1 is 1.32 bits per heavy atom. The molecule has 2 N–H and O–H groups in total. The Labute approximate surface area is 118 Å². The van der Waals surface area contributed by atoms with Crippen LogP contribution in [0.15, 0.2) is 0 Å². The van der Waals surface area contributed by atoms with Crippen molar-refractivity contribution in [3.05, 3.63) is 0 Å². The van der Waals surface area contributed by atoms with Crippen molar-refractivity contribution in [2.45, 2.75) is 57.7 Å². The highest BCUT2D eigenvalue weighted by Gasteiger charge is 2.29. The third kappa shape index (κ3) is 4.42. The van der Waals surface area contributed by atoms with E-state index >= 15 is 0 Å². The molecule has 2 aliphatic heterocycles. The summed E-state index contributed by atoms with van der Waals surface area (Å²) < 4.78 is 5.97. The smallest absolute Gasteiger partial charge is 0.0829 e. The van der Waals surface area contributed by atoms with Gasteiger partial charge in [-0.25, -0.2) is 0 Å². The zero-order chi connectivity index (χ0) is 13.7. The second kappa shape index (κ2) is 7.58. The third-order valence-electron chi connectivity index (χ3n) is 4.58. The standard InChI is InChI=1S/C15H31N3O/c1-13(2)17-9-10-19-15(11-17)12-18-8-4-6-14(18)5-3-7-16/h13-15H,3-12,16H2,1-2H3. The highest BCUT2D eigenvalue weighted by Crippen LogP contribution is 2.22. The maximum Gasteiger partial charge on any atom is 0.0829 e. The fraction of sp³-hybridized carbons (Fsp3) is 1.00. The van der Waals surface area contributed by atoms with E-state index in [1.807, 2.05) is 0 Å². The zero-order valence-electron chi connectivity index (χ0n) is 12.7. The van der Waals surface area contributed by atoms with E-state index in [1.165, 1.54) is 25.8 Å². The molecule has 2 fully saturated rings. The van der Waals surface area contributed by atoms with Gasteiger partial charge in [-0.15, -0.1) is 0 Å². The quantitative estimate of drug-likeness (QED) is 0.789. The van der Waals surface area contributed by atoms with Crippen molar-refractivity contribution in [1.82, 2.24) is 9.80 Å². The minimum Gasteiger partial charge on any atom is -0.374 e. The fourth-order valence-corrected chi connectivity index (χ4v) is 3.40. The third-order valence-corrected chi connectivity index (χ3v) is 4.58. The van der Waals surface area contributed by atoms with E-state index in [4.69, 9.17) is 10.5 Å². The molecule has 4 nitrogen and oxygen atoms in total. The van der Waals surface area contributed by atoms with Crippen LogP contribution in [0.5, 0.6) is 0 Å².